The van der Waals surface area contributed by atoms with Crippen molar-refractivity contribution in [3.63, 3.8) is 0 Å². The molecular formula is C37H43N7O6. The Morgan fingerprint density at radius 2 is 1.62 bits per heavy atom. The van der Waals surface area contributed by atoms with Crippen molar-refractivity contribution in [1.82, 2.24) is 25.7 Å². The lowest BCUT2D eigenvalue weighted by Crippen LogP contribution is -2.52. The molecule has 3 aliphatic heterocycles. The van der Waals surface area contributed by atoms with E-state index in [0.29, 0.717) is 47.3 Å². The molecule has 4 heterocycles. The standard InChI is InChI=1S/C37H43N7O6/c1-23-31(21-29(42-41-23)26-9-6-7-12-32(26)45)43-19-17-24(18-20-43)38-33(46)13-4-2-3-5-14-34(47)39-28-11-8-10-25-27(28)22-44(37(25)50)30-15-16-35(48)40-36(30)49/h6-12,21,24,30,45H,2-5,13-20,22H2,1H3,(H,38,46)(H,39,47)(H,40,48,49). The lowest BCUT2D eigenvalue weighted by Gasteiger charge is -2.34. The van der Waals surface area contributed by atoms with Crippen LogP contribution < -0.4 is 20.9 Å². The summed E-state index contributed by atoms with van der Waals surface area (Å²) in [6, 6.07) is 13.6. The maximum Gasteiger partial charge on any atom is 0.255 e. The van der Waals surface area contributed by atoms with E-state index in [-0.39, 0.29) is 54.8 Å². The highest BCUT2D eigenvalue weighted by Crippen LogP contribution is 2.33. The van der Waals surface area contributed by atoms with Crippen molar-refractivity contribution < 1.29 is 29.1 Å². The number of carbonyl (C=O) groups is 5. The van der Waals surface area contributed by atoms with Gasteiger partial charge in [0.15, 0.2) is 0 Å². The molecule has 1 unspecified atom stereocenters. The molecule has 3 aliphatic rings. The molecule has 2 fully saturated rings. The number of phenolic OH excluding ortho intramolecular Hbond substituents is 1. The molecule has 0 bridgehead atoms. The lowest BCUT2D eigenvalue weighted by atomic mass is 10.0. The number of imide groups is 1. The highest BCUT2D eigenvalue weighted by molar-refractivity contribution is 6.06. The molecule has 13 heteroatoms. The number of phenols is 1. The normalized spacial score (nSPS) is 17.8. The van der Waals surface area contributed by atoms with Gasteiger partial charge >= 0.3 is 0 Å². The molecule has 6 rings (SSSR count). The second kappa shape index (κ2) is 15.5. The number of nitrogens with one attached hydrogen (secondary N) is 3. The SMILES string of the molecule is Cc1nnc(-c2ccccc2O)cc1N1CCC(NC(=O)CCCCCCC(=O)Nc2cccc3c2CN(C2CCC(=O)NC2=O)C3=O)CC1. The number of piperidine rings is 2. The number of para-hydroxylation sites is 1. The predicted molar refractivity (Wildman–Crippen MR) is 186 cm³/mol. The molecule has 2 aromatic carbocycles. The highest BCUT2D eigenvalue weighted by Gasteiger charge is 2.40. The van der Waals surface area contributed by atoms with Crippen LogP contribution >= 0.6 is 0 Å². The first-order valence-corrected chi connectivity index (χ1v) is 17.4. The summed E-state index contributed by atoms with van der Waals surface area (Å²) in [6.07, 6.45) is 5.94. The Hall–Kier alpha value is -5.33. The summed E-state index contributed by atoms with van der Waals surface area (Å²) in [7, 11) is 0. The summed E-state index contributed by atoms with van der Waals surface area (Å²) in [4.78, 5) is 66.1. The molecule has 50 heavy (non-hydrogen) atoms. The van der Waals surface area contributed by atoms with E-state index >= 15 is 0 Å². The number of unbranched alkanes of at least 4 members (excludes halogenated alkanes) is 3. The van der Waals surface area contributed by atoms with Crippen LogP contribution in [0.3, 0.4) is 0 Å². The summed E-state index contributed by atoms with van der Waals surface area (Å²) in [6.45, 7) is 3.68. The number of hydrogen-bond donors (Lipinski definition) is 4. The van der Waals surface area contributed by atoms with Crippen molar-refractivity contribution >= 4 is 40.9 Å². The van der Waals surface area contributed by atoms with E-state index in [2.05, 4.69) is 31.0 Å². The van der Waals surface area contributed by atoms with Gasteiger partial charge in [0.2, 0.25) is 23.6 Å². The minimum absolute atomic E-state index is 0.0450. The molecule has 5 amide bonds. The van der Waals surface area contributed by atoms with Gasteiger partial charge in [-0.2, -0.15) is 5.10 Å². The van der Waals surface area contributed by atoms with Crippen LogP contribution in [0, 0.1) is 6.92 Å². The van der Waals surface area contributed by atoms with Crippen LogP contribution in [0.1, 0.15) is 85.8 Å². The number of rotatable bonds is 12. The molecule has 1 atom stereocenters. The Kier molecular flexibility index (Phi) is 10.7. The Morgan fingerprint density at radius 3 is 2.36 bits per heavy atom. The quantitative estimate of drug-likeness (QED) is 0.163. The number of benzene rings is 2. The third-order valence-corrected chi connectivity index (χ3v) is 9.75. The molecule has 0 saturated carbocycles. The number of aryl methyl sites for hydroxylation is 1. The molecule has 2 saturated heterocycles. The zero-order chi connectivity index (χ0) is 35.2. The first kappa shape index (κ1) is 34.5. The fourth-order valence-electron chi connectivity index (χ4n) is 6.99. The first-order chi connectivity index (χ1) is 24.2. The largest absolute Gasteiger partial charge is 0.507 e. The topological polar surface area (TPSA) is 174 Å². The van der Waals surface area contributed by atoms with Crippen LogP contribution in [-0.4, -0.2) is 74.9 Å². The number of aromatic hydroxyl groups is 1. The number of fused-ring (bicyclic) bond motifs is 1. The second-order valence-electron chi connectivity index (χ2n) is 13.2. The number of hydrogen-bond acceptors (Lipinski definition) is 9. The van der Waals surface area contributed by atoms with E-state index in [1.165, 1.54) is 4.90 Å². The molecule has 13 nitrogen and oxygen atoms in total. The number of anilines is 2. The van der Waals surface area contributed by atoms with Gasteiger partial charge < -0.3 is 25.5 Å². The van der Waals surface area contributed by atoms with Crippen LogP contribution in [0.15, 0.2) is 48.5 Å². The van der Waals surface area contributed by atoms with Crippen molar-refractivity contribution in [2.24, 2.45) is 0 Å². The van der Waals surface area contributed by atoms with Gasteiger partial charge in [-0.05, 0) is 69.4 Å². The number of nitrogens with zero attached hydrogens (tertiary/aromatic N) is 4. The van der Waals surface area contributed by atoms with Crippen LogP contribution in [0.25, 0.3) is 11.3 Å². The van der Waals surface area contributed by atoms with Gasteiger partial charge in [0, 0.05) is 67.3 Å². The highest BCUT2D eigenvalue weighted by atomic mass is 16.3. The van der Waals surface area contributed by atoms with Gasteiger partial charge in [-0.15, -0.1) is 5.10 Å². The lowest BCUT2D eigenvalue weighted by molar-refractivity contribution is -0.137. The van der Waals surface area contributed by atoms with Crippen molar-refractivity contribution in [3.8, 4) is 17.0 Å². The van der Waals surface area contributed by atoms with E-state index in [4.69, 9.17) is 0 Å². The Labute approximate surface area is 290 Å². The molecular weight excluding hydrogens is 638 g/mol. The average Bonchev–Trinajstić information content (AvgIpc) is 3.44. The molecule has 0 aliphatic carbocycles. The molecule has 0 spiro atoms. The van der Waals surface area contributed by atoms with Gasteiger partial charge in [-0.1, -0.05) is 31.0 Å². The molecule has 0 radical (unpaired) electrons. The van der Waals surface area contributed by atoms with E-state index in [1.54, 1.807) is 30.3 Å². The average molecular weight is 682 g/mol. The third-order valence-electron chi connectivity index (χ3n) is 9.75. The van der Waals surface area contributed by atoms with Gasteiger partial charge in [0.1, 0.15) is 11.8 Å². The fraction of sp³-hybridized carbons (Fsp3) is 0.432. The number of aromatic nitrogens is 2. The monoisotopic (exact) mass is 681 g/mol. The fourth-order valence-corrected chi connectivity index (χ4v) is 6.99. The van der Waals surface area contributed by atoms with Gasteiger partial charge in [-0.25, -0.2) is 0 Å². The second-order valence-corrected chi connectivity index (χ2v) is 13.2. The summed E-state index contributed by atoms with van der Waals surface area (Å²) in [5, 5.41) is 27.3. The third kappa shape index (κ3) is 7.93. The van der Waals surface area contributed by atoms with Crippen LogP contribution in [0.5, 0.6) is 5.75 Å². The summed E-state index contributed by atoms with van der Waals surface area (Å²) < 4.78 is 0. The van der Waals surface area contributed by atoms with Crippen molar-refractivity contribution in [3.05, 3.63) is 65.4 Å². The zero-order valence-corrected chi connectivity index (χ0v) is 28.2. The summed E-state index contributed by atoms with van der Waals surface area (Å²) in [5.41, 5.74) is 4.76. The van der Waals surface area contributed by atoms with Gasteiger partial charge in [0.25, 0.3) is 5.91 Å². The minimum atomic E-state index is -0.710. The Morgan fingerprint density at radius 1 is 0.900 bits per heavy atom. The first-order valence-electron chi connectivity index (χ1n) is 17.4. The van der Waals surface area contributed by atoms with E-state index in [9.17, 15) is 29.1 Å². The van der Waals surface area contributed by atoms with Gasteiger partial charge in [-0.3, -0.25) is 29.3 Å². The van der Waals surface area contributed by atoms with Crippen LogP contribution in [-0.2, 0) is 25.7 Å². The summed E-state index contributed by atoms with van der Waals surface area (Å²) in [5.74, 6) is -1.03. The number of carbonyl (C=O) groups excluding carboxylic acids is 5. The Bertz CT molecular complexity index is 1790. The van der Waals surface area contributed by atoms with Crippen LogP contribution in [0.2, 0.25) is 0 Å². The van der Waals surface area contributed by atoms with E-state index < -0.39 is 11.9 Å². The van der Waals surface area contributed by atoms with Crippen LogP contribution in [0.4, 0.5) is 11.4 Å². The van der Waals surface area contributed by atoms with E-state index in [1.807, 2.05) is 25.1 Å². The molecule has 3 aromatic rings. The molecule has 4 N–H and O–H groups in total. The smallest absolute Gasteiger partial charge is 0.255 e. The number of amides is 5. The summed E-state index contributed by atoms with van der Waals surface area (Å²) >= 11 is 0. The van der Waals surface area contributed by atoms with Crippen molar-refractivity contribution in [1.29, 1.82) is 0 Å². The van der Waals surface area contributed by atoms with E-state index in [0.717, 1.165) is 56.6 Å². The van der Waals surface area contributed by atoms with Gasteiger partial charge in [0.05, 0.1) is 17.1 Å². The van der Waals surface area contributed by atoms with Crippen molar-refractivity contribution in [2.45, 2.75) is 89.8 Å². The maximum absolute atomic E-state index is 13.0. The zero-order valence-electron chi connectivity index (χ0n) is 28.2. The molecule has 1 aromatic heterocycles. The predicted octanol–water partition coefficient (Wildman–Crippen LogP) is 3.98. The maximum atomic E-state index is 13.0. The Balaban J connectivity index is 0.877. The minimum Gasteiger partial charge on any atom is -0.507 e. The molecule has 262 valence electrons. The van der Waals surface area contributed by atoms with Crippen molar-refractivity contribution in [2.75, 3.05) is 23.3 Å².